The summed E-state index contributed by atoms with van der Waals surface area (Å²) in [6.07, 6.45) is 1.47. The molecule has 118 valence electrons. The van der Waals surface area contributed by atoms with Crippen LogP contribution in [0.15, 0.2) is 12.1 Å². The van der Waals surface area contributed by atoms with E-state index in [1.54, 1.807) is 12.1 Å². The number of carbonyl (C=O) groups excluding carboxylic acids is 1. The molecule has 0 heterocycles. The van der Waals surface area contributed by atoms with E-state index in [0.29, 0.717) is 34.4 Å². The lowest BCUT2D eigenvalue weighted by atomic mass is 9.83. The third kappa shape index (κ3) is 4.92. The number of hydrogen-bond acceptors (Lipinski definition) is 3. The third-order valence-corrected chi connectivity index (χ3v) is 3.64. The van der Waals surface area contributed by atoms with E-state index >= 15 is 0 Å². The second-order valence-corrected chi connectivity index (χ2v) is 7.04. The fourth-order valence-corrected chi connectivity index (χ4v) is 2.98. The predicted molar refractivity (Wildman–Crippen MR) is 86.7 cm³/mol. The fraction of sp³-hybridized carbons (Fsp3) is 0.588. The molecule has 0 amide bonds. The summed E-state index contributed by atoms with van der Waals surface area (Å²) in [7, 11) is 3.05. The van der Waals surface area contributed by atoms with Crippen molar-refractivity contribution in [2.75, 3.05) is 14.2 Å². The van der Waals surface area contributed by atoms with Crippen LogP contribution in [0.2, 0.25) is 5.02 Å². The Labute approximate surface area is 132 Å². The van der Waals surface area contributed by atoms with Gasteiger partial charge in [-0.05, 0) is 29.9 Å². The molecular formula is C17H25ClO3. The van der Waals surface area contributed by atoms with Gasteiger partial charge in [-0.15, -0.1) is 0 Å². The first kappa shape index (κ1) is 17.8. The second-order valence-electron chi connectivity index (χ2n) is 6.66. The standard InChI is InChI=1S/C17H25ClO3/c1-11(10-17(2,3)4)9-13(19)12-7-8-14(20-5)15(18)16(12)21-6/h7-8,11H,9-10H2,1-6H3. The highest BCUT2D eigenvalue weighted by atomic mass is 35.5. The molecule has 4 heteroatoms. The van der Waals surface area contributed by atoms with Crippen LogP contribution in [-0.4, -0.2) is 20.0 Å². The Hall–Kier alpha value is -1.22. The Balaban J connectivity index is 2.95. The van der Waals surface area contributed by atoms with Crippen molar-refractivity contribution >= 4 is 17.4 Å². The van der Waals surface area contributed by atoms with Gasteiger partial charge in [-0.25, -0.2) is 0 Å². The van der Waals surface area contributed by atoms with Crippen molar-refractivity contribution in [3.05, 3.63) is 22.7 Å². The molecule has 0 saturated carbocycles. The Morgan fingerprint density at radius 2 is 1.86 bits per heavy atom. The van der Waals surface area contributed by atoms with Crippen molar-refractivity contribution in [2.45, 2.75) is 40.5 Å². The van der Waals surface area contributed by atoms with Gasteiger partial charge in [-0.3, -0.25) is 4.79 Å². The van der Waals surface area contributed by atoms with Crippen LogP contribution in [0.25, 0.3) is 0 Å². The molecule has 21 heavy (non-hydrogen) atoms. The van der Waals surface area contributed by atoms with Gasteiger partial charge < -0.3 is 9.47 Å². The molecule has 0 aromatic heterocycles. The maximum absolute atomic E-state index is 12.5. The van der Waals surface area contributed by atoms with Crippen LogP contribution >= 0.6 is 11.6 Å². The maximum Gasteiger partial charge on any atom is 0.166 e. The molecule has 0 radical (unpaired) electrons. The zero-order valence-corrected chi connectivity index (χ0v) is 14.5. The predicted octanol–water partition coefficient (Wildman–Crippen LogP) is 5.00. The number of benzene rings is 1. The number of halogens is 1. The molecule has 0 aliphatic rings. The third-order valence-electron chi connectivity index (χ3n) is 3.28. The topological polar surface area (TPSA) is 35.5 Å². The number of ether oxygens (including phenoxy) is 2. The van der Waals surface area contributed by atoms with Crippen LogP contribution in [0.4, 0.5) is 0 Å². The van der Waals surface area contributed by atoms with E-state index < -0.39 is 0 Å². The van der Waals surface area contributed by atoms with Crippen LogP contribution in [0.3, 0.4) is 0 Å². The van der Waals surface area contributed by atoms with Gasteiger partial charge >= 0.3 is 0 Å². The number of Topliss-reactive ketones (excluding diaryl/α,β-unsaturated/α-hetero) is 1. The van der Waals surface area contributed by atoms with Crippen LogP contribution in [0.1, 0.15) is 50.9 Å². The summed E-state index contributed by atoms with van der Waals surface area (Å²) >= 11 is 6.20. The molecule has 0 spiro atoms. The number of ketones is 1. The van der Waals surface area contributed by atoms with E-state index in [4.69, 9.17) is 21.1 Å². The normalized spacial score (nSPS) is 12.9. The lowest BCUT2D eigenvalue weighted by molar-refractivity contribution is 0.0951. The average Bonchev–Trinajstić information content (AvgIpc) is 2.35. The minimum absolute atomic E-state index is 0.0492. The molecule has 1 rings (SSSR count). The highest BCUT2D eigenvalue weighted by molar-refractivity contribution is 6.34. The Kier molecular flexibility index (Phi) is 6.09. The van der Waals surface area contributed by atoms with Gasteiger partial charge in [0.25, 0.3) is 0 Å². The van der Waals surface area contributed by atoms with E-state index in [2.05, 4.69) is 27.7 Å². The van der Waals surface area contributed by atoms with Crippen molar-refractivity contribution in [1.82, 2.24) is 0 Å². The van der Waals surface area contributed by atoms with E-state index in [1.165, 1.54) is 14.2 Å². The van der Waals surface area contributed by atoms with Crippen molar-refractivity contribution in [3.63, 3.8) is 0 Å². The smallest absolute Gasteiger partial charge is 0.166 e. The molecule has 1 atom stereocenters. The Morgan fingerprint density at radius 3 is 2.33 bits per heavy atom. The van der Waals surface area contributed by atoms with Gasteiger partial charge in [-0.2, -0.15) is 0 Å². The molecule has 0 saturated heterocycles. The molecular weight excluding hydrogens is 288 g/mol. The van der Waals surface area contributed by atoms with Crippen molar-refractivity contribution < 1.29 is 14.3 Å². The lowest BCUT2D eigenvalue weighted by Gasteiger charge is -2.23. The molecule has 0 N–H and O–H groups in total. The van der Waals surface area contributed by atoms with E-state index in [1.807, 2.05) is 0 Å². The fourth-order valence-electron chi connectivity index (χ4n) is 2.66. The van der Waals surface area contributed by atoms with Crippen LogP contribution in [0.5, 0.6) is 11.5 Å². The zero-order chi connectivity index (χ0) is 16.2. The number of methoxy groups -OCH3 is 2. The van der Waals surface area contributed by atoms with Crippen LogP contribution in [0, 0.1) is 11.3 Å². The summed E-state index contributed by atoms with van der Waals surface area (Å²) in [5.74, 6) is 1.26. The first-order valence-corrected chi connectivity index (χ1v) is 7.51. The molecule has 3 nitrogen and oxygen atoms in total. The molecule has 1 aromatic rings. The summed E-state index contributed by atoms with van der Waals surface area (Å²) in [5.41, 5.74) is 0.727. The quantitative estimate of drug-likeness (QED) is 0.693. The van der Waals surface area contributed by atoms with Gasteiger partial charge in [0.2, 0.25) is 0 Å². The number of hydrogen-bond donors (Lipinski definition) is 0. The summed E-state index contributed by atoms with van der Waals surface area (Å²) in [5, 5.41) is 0.342. The highest BCUT2D eigenvalue weighted by Gasteiger charge is 2.22. The van der Waals surface area contributed by atoms with Crippen LogP contribution < -0.4 is 9.47 Å². The number of carbonyl (C=O) groups is 1. The minimum atomic E-state index is 0.0492. The SMILES string of the molecule is COc1ccc(C(=O)CC(C)CC(C)(C)C)c(OC)c1Cl. The molecule has 0 fully saturated rings. The first-order valence-electron chi connectivity index (χ1n) is 7.13. The zero-order valence-electron chi connectivity index (χ0n) is 13.7. The Bertz CT molecular complexity index is 503. The second kappa shape index (κ2) is 7.17. The van der Waals surface area contributed by atoms with Gasteiger partial charge in [0.15, 0.2) is 11.5 Å². The van der Waals surface area contributed by atoms with Crippen molar-refractivity contribution in [1.29, 1.82) is 0 Å². The van der Waals surface area contributed by atoms with E-state index in [-0.39, 0.29) is 11.2 Å². The lowest BCUT2D eigenvalue weighted by Crippen LogP contribution is -2.15. The van der Waals surface area contributed by atoms with Gasteiger partial charge in [0.05, 0.1) is 19.8 Å². The summed E-state index contributed by atoms with van der Waals surface area (Å²) in [4.78, 5) is 12.5. The summed E-state index contributed by atoms with van der Waals surface area (Å²) < 4.78 is 10.4. The summed E-state index contributed by atoms with van der Waals surface area (Å²) in [6.45, 7) is 8.64. The van der Waals surface area contributed by atoms with Crippen molar-refractivity contribution in [3.8, 4) is 11.5 Å². The Morgan fingerprint density at radius 1 is 1.24 bits per heavy atom. The van der Waals surface area contributed by atoms with Crippen LogP contribution in [-0.2, 0) is 0 Å². The molecule has 0 aliphatic carbocycles. The highest BCUT2D eigenvalue weighted by Crippen LogP contribution is 2.38. The van der Waals surface area contributed by atoms with E-state index in [0.717, 1.165) is 6.42 Å². The number of rotatable bonds is 6. The molecule has 1 unspecified atom stereocenters. The van der Waals surface area contributed by atoms with Gasteiger partial charge in [0.1, 0.15) is 10.8 Å². The summed E-state index contributed by atoms with van der Waals surface area (Å²) in [6, 6.07) is 3.42. The molecule has 0 aliphatic heterocycles. The van der Waals surface area contributed by atoms with E-state index in [9.17, 15) is 4.79 Å². The van der Waals surface area contributed by atoms with Gasteiger partial charge in [-0.1, -0.05) is 39.3 Å². The monoisotopic (exact) mass is 312 g/mol. The molecule has 1 aromatic carbocycles. The minimum Gasteiger partial charge on any atom is -0.495 e. The average molecular weight is 313 g/mol. The van der Waals surface area contributed by atoms with Gasteiger partial charge in [0, 0.05) is 6.42 Å². The molecule has 0 bridgehead atoms. The largest absolute Gasteiger partial charge is 0.495 e. The maximum atomic E-state index is 12.5. The van der Waals surface area contributed by atoms with Crippen molar-refractivity contribution in [2.24, 2.45) is 11.3 Å². The first-order chi connectivity index (χ1) is 9.69.